The van der Waals surface area contributed by atoms with Crippen molar-refractivity contribution in [1.29, 1.82) is 0 Å². The van der Waals surface area contributed by atoms with E-state index in [0.717, 1.165) is 19.3 Å². The molecule has 0 saturated carbocycles. The normalized spacial score (nSPS) is 11.0. The lowest BCUT2D eigenvalue weighted by Gasteiger charge is -1.94. The molecule has 3 heteroatoms. The maximum atomic E-state index is 10.8. The molecule has 0 unspecified atom stereocenters. The number of methoxy groups -OCH3 is 1. The standard InChI is InChI=1S/C11H18O3/c1-3-14-11(12)9-7-5-4-6-8-10-13-2/h7-10H,3-6H2,1-2H3/b9-7+,10-8+. The maximum Gasteiger partial charge on any atom is 0.330 e. The van der Waals surface area contributed by atoms with E-state index < -0.39 is 0 Å². The van der Waals surface area contributed by atoms with Gasteiger partial charge in [0.2, 0.25) is 0 Å². The second kappa shape index (κ2) is 9.84. The molecule has 0 aliphatic carbocycles. The highest BCUT2D eigenvalue weighted by Gasteiger charge is 1.91. The highest BCUT2D eigenvalue weighted by molar-refractivity contribution is 5.81. The van der Waals surface area contributed by atoms with Crippen molar-refractivity contribution < 1.29 is 14.3 Å². The van der Waals surface area contributed by atoms with E-state index in [9.17, 15) is 4.79 Å². The van der Waals surface area contributed by atoms with E-state index in [4.69, 9.17) is 9.47 Å². The molecular formula is C11H18O3. The Morgan fingerprint density at radius 3 is 2.64 bits per heavy atom. The zero-order valence-corrected chi connectivity index (χ0v) is 8.86. The van der Waals surface area contributed by atoms with Gasteiger partial charge in [-0.3, -0.25) is 0 Å². The Bertz CT molecular complexity index is 195. The lowest BCUT2D eigenvalue weighted by atomic mass is 10.2. The summed E-state index contributed by atoms with van der Waals surface area (Å²) in [4.78, 5) is 10.8. The van der Waals surface area contributed by atoms with Gasteiger partial charge in [0.05, 0.1) is 20.0 Å². The molecule has 0 rings (SSSR count). The number of ether oxygens (including phenoxy) is 2. The van der Waals surface area contributed by atoms with Gasteiger partial charge in [0.1, 0.15) is 0 Å². The molecule has 0 saturated heterocycles. The molecule has 0 heterocycles. The molecule has 0 aliphatic heterocycles. The minimum absolute atomic E-state index is 0.264. The molecule has 0 N–H and O–H groups in total. The first kappa shape index (κ1) is 12.8. The topological polar surface area (TPSA) is 35.5 Å². The van der Waals surface area contributed by atoms with E-state index in [2.05, 4.69) is 0 Å². The first-order chi connectivity index (χ1) is 6.81. The number of carbonyl (C=O) groups excluding carboxylic acids is 1. The Morgan fingerprint density at radius 2 is 2.00 bits per heavy atom. The lowest BCUT2D eigenvalue weighted by molar-refractivity contribution is -0.137. The molecule has 0 aromatic heterocycles. The summed E-state index contributed by atoms with van der Waals surface area (Å²) in [5.74, 6) is -0.264. The number of allylic oxidation sites excluding steroid dienone is 2. The van der Waals surface area contributed by atoms with Crippen LogP contribution >= 0.6 is 0 Å². The van der Waals surface area contributed by atoms with Gasteiger partial charge in [-0.1, -0.05) is 6.08 Å². The van der Waals surface area contributed by atoms with Gasteiger partial charge in [0.15, 0.2) is 0 Å². The van der Waals surface area contributed by atoms with Crippen LogP contribution in [0.3, 0.4) is 0 Å². The summed E-state index contributed by atoms with van der Waals surface area (Å²) < 4.78 is 9.47. The van der Waals surface area contributed by atoms with Gasteiger partial charge in [0.25, 0.3) is 0 Å². The van der Waals surface area contributed by atoms with Gasteiger partial charge in [-0.25, -0.2) is 4.79 Å². The van der Waals surface area contributed by atoms with E-state index in [0.29, 0.717) is 6.61 Å². The zero-order chi connectivity index (χ0) is 10.6. The van der Waals surface area contributed by atoms with Crippen molar-refractivity contribution in [1.82, 2.24) is 0 Å². The van der Waals surface area contributed by atoms with Crippen molar-refractivity contribution in [2.24, 2.45) is 0 Å². The molecule has 0 amide bonds. The Morgan fingerprint density at radius 1 is 1.29 bits per heavy atom. The minimum Gasteiger partial charge on any atom is -0.505 e. The minimum atomic E-state index is -0.264. The molecule has 3 nitrogen and oxygen atoms in total. The van der Waals surface area contributed by atoms with Crippen LogP contribution in [0.2, 0.25) is 0 Å². The van der Waals surface area contributed by atoms with E-state index >= 15 is 0 Å². The maximum absolute atomic E-state index is 10.8. The van der Waals surface area contributed by atoms with Crippen LogP contribution in [0.25, 0.3) is 0 Å². The van der Waals surface area contributed by atoms with Crippen LogP contribution < -0.4 is 0 Å². The second-order valence-corrected chi connectivity index (χ2v) is 2.69. The highest BCUT2D eigenvalue weighted by atomic mass is 16.5. The fourth-order valence-electron chi connectivity index (χ4n) is 0.888. The SMILES string of the molecule is CCOC(=O)/C=C/CCC/C=C/OC. The van der Waals surface area contributed by atoms with Crippen LogP contribution in [0.1, 0.15) is 26.2 Å². The first-order valence-electron chi connectivity index (χ1n) is 4.82. The summed E-state index contributed by atoms with van der Waals surface area (Å²) in [5.41, 5.74) is 0. The number of carbonyl (C=O) groups is 1. The monoisotopic (exact) mass is 198 g/mol. The molecule has 0 fully saturated rings. The Kier molecular flexibility index (Phi) is 8.96. The molecule has 0 spiro atoms. The van der Waals surface area contributed by atoms with E-state index in [1.807, 2.05) is 12.2 Å². The van der Waals surface area contributed by atoms with Gasteiger partial charge in [-0.2, -0.15) is 0 Å². The third kappa shape index (κ3) is 8.84. The van der Waals surface area contributed by atoms with Crippen LogP contribution in [0.5, 0.6) is 0 Å². The fraction of sp³-hybridized carbons (Fsp3) is 0.545. The van der Waals surface area contributed by atoms with Crippen LogP contribution in [0, 0.1) is 0 Å². The van der Waals surface area contributed by atoms with Crippen LogP contribution in [-0.4, -0.2) is 19.7 Å². The molecule has 0 atom stereocenters. The highest BCUT2D eigenvalue weighted by Crippen LogP contribution is 1.98. The van der Waals surface area contributed by atoms with Crippen molar-refractivity contribution in [3.8, 4) is 0 Å². The van der Waals surface area contributed by atoms with Gasteiger partial charge in [0, 0.05) is 6.08 Å². The average Bonchev–Trinajstić information content (AvgIpc) is 2.17. The largest absolute Gasteiger partial charge is 0.505 e. The molecule has 0 aliphatic rings. The summed E-state index contributed by atoms with van der Waals surface area (Å²) in [6.07, 6.45) is 9.78. The number of hydrogen-bond donors (Lipinski definition) is 0. The summed E-state index contributed by atoms with van der Waals surface area (Å²) in [6.45, 7) is 2.22. The molecule has 0 bridgehead atoms. The van der Waals surface area contributed by atoms with Gasteiger partial charge in [-0.15, -0.1) is 0 Å². The van der Waals surface area contributed by atoms with Crippen LogP contribution in [0.4, 0.5) is 0 Å². The molecule has 0 radical (unpaired) electrons. The summed E-state index contributed by atoms with van der Waals surface area (Å²) in [5, 5.41) is 0. The van der Waals surface area contributed by atoms with Gasteiger partial charge >= 0.3 is 5.97 Å². The Balaban J connectivity index is 3.35. The van der Waals surface area contributed by atoms with Crippen molar-refractivity contribution in [3.63, 3.8) is 0 Å². The Labute approximate surface area is 85.4 Å². The molecule has 14 heavy (non-hydrogen) atoms. The zero-order valence-electron chi connectivity index (χ0n) is 8.86. The van der Waals surface area contributed by atoms with Crippen molar-refractivity contribution in [3.05, 3.63) is 24.5 Å². The van der Waals surface area contributed by atoms with Crippen LogP contribution in [0.15, 0.2) is 24.5 Å². The third-order valence-electron chi connectivity index (χ3n) is 1.51. The first-order valence-corrected chi connectivity index (χ1v) is 4.82. The number of rotatable bonds is 7. The number of unbranched alkanes of at least 4 members (excludes halogenated alkanes) is 2. The summed E-state index contributed by atoms with van der Waals surface area (Å²) in [7, 11) is 1.62. The molecular weight excluding hydrogens is 180 g/mol. The predicted molar refractivity (Wildman–Crippen MR) is 55.8 cm³/mol. The lowest BCUT2D eigenvalue weighted by Crippen LogP contribution is -1.98. The smallest absolute Gasteiger partial charge is 0.330 e. The molecule has 80 valence electrons. The van der Waals surface area contributed by atoms with Crippen molar-refractivity contribution >= 4 is 5.97 Å². The summed E-state index contributed by atoms with van der Waals surface area (Å²) >= 11 is 0. The molecule has 0 aromatic carbocycles. The second-order valence-electron chi connectivity index (χ2n) is 2.69. The Hall–Kier alpha value is -1.25. The van der Waals surface area contributed by atoms with Crippen molar-refractivity contribution in [2.45, 2.75) is 26.2 Å². The van der Waals surface area contributed by atoms with E-state index in [1.165, 1.54) is 6.08 Å². The van der Waals surface area contributed by atoms with E-state index in [-0.39, 0.29) is 5.97 Å². The van der Waals surface area contributed by atoms with Gasteiger partial charge < -0.3 is 9.47 Å². The average molecular weight is 198 g/mol. The number of esters is 1. The van der Waals surface area contributed by atoms with Crippen molar-refractivity contribution in [2.75, 3.05) is 13.7 Å². The number of hydrogen-bond acceptors (Lipinski definition) is 3. The molecule has 0 aromatic rings. The van der Waals surface area contributed by atoms with Gasteiger partial charge in [-0.05, 0) is 32.3 Å². The van der Waals surface area contributed by atoms with Crippen LogP contribution in [-0.2, 0) is 14.3 Å². The third-order valence-corrected chi connectivity index (χ3v) is 1.51. The summed E-state index contributed by atoms with van der Waals surface area (Å²) in [6, 6.07) is 0. The predicted octanol–water partition coefficient (Wildman–Crippen LogP) is 2.44. The quantitative estimate of drug-likeness (QED) is 0.273. The fourth-order valence-corrected chi connectivity index (χ4v) is 0.888. The van der Waals surface area contributed by atoms with E-state index in [1.54, 1.807) is 20.3 Å².